The van der Waals surface area contributed by atoms with Gasteiger partial charge in [-0.1, -0.05) is 0 Å². The maximum atomic E-state index is 11.4. The van der Waals surface area contributed by atoms with E-state index in [4.69, 9.17) is 22.3 Å². The molecule has 0 heterocycles. The van der Waals surface area contributed by atoms with Crippen LogP contribution in [0.1, 0.15) is 46.4 Å². The molecular formula is C18H18O6. The number of carbonyl (C=O) groups is 2. The first-order valence-corrected chi connectivity index (χ1v) is 7.28. The fraction of sp³-hybridized carbons (Fsp3) is 0.333. The zero-order chi connectivity index (χ0) is 17.9. The van der Waals surface area contributed by atoms with E-state index in [2.05, 4.69) is 11.8 Å². The monoisotopic (exact) mass is 330 g/mol. The van der Waals surface area contributed by atoms with Crippen LogP contribution in [0, 0.1) is 24.7 Å². The number of rotatable bonds is 10. The maximum Gasteiger partial charge on any atom is 0.339 e. The third kappa shape index (κ3) is 5.58. The molecular weight excluding hydrogens is 312 g/mol. The molecule has 0 aromatic heterocycles. The summed E-state index contributed by atoms with van der Waals surface area (Å²) in [6.07, 6.45) is 12.3. The predicted octanol–water partition coefficient (Wildman–Crippen LogP) is 2.67. The molecule has 0 saturated carbocycles. The molecule has 0 spiro atoms. The van der Waals surface area contributed by atoms with Gasteiger partial charge in [0.15, 0.2) is 0 Å². The first kappa shape index (κ1) is 18.9. The Morgan fingerprint density at radius 2 is 1.25 bits per heavy atom. The van der Waals surface area contributed by atoms with Gasteiger partial charge in [0, 0.05) is 12.8 Å². The summed E-state index contributed by atoms with van der Waals surface area (Å²) >= 11 is 0. The molecule has 0 amide bonds. The molecule has 0 bridgehead atoms. The van der Waals surface area contributed by atoms with Gasteiger partial charge in [0.05, 0.1) is 13.2 Å². The highest BCUT2D eigenvalue weighted by molar-refractivity contribution is 5.97. The van der Waals surface area contributed by atoms with Crippen LogP contribution < -0.4 is 9.47 Å². The van der Waals surface area contributed by atoms with Gasteiger partial charge in [-0.3, -0.25) is 0 Å². The van der Waals surface area contributed by atoms with Crippen LogP contribution in [0.25, 0.3) is 0 Å². The van der Waals surface area contributed by atoms with Gasteiger partial charge in [-0.15, -0.1) is 24.7 Å². The van der Waals surface area contributed by atoms with E-state index in [1.165, 1.54) is 0 Å². The Hall–Kier alpha value is -3.12. The van der Waals surface area contributed by atoms with Crippen molar-refractivity contribution in [2.75, 3.05) is 13.2 Å². The van der Waals surface area contributed by atoms with Crippen molar-refractivity contribution < 1.29 is 29.3 Å². The quantitative estimate of drug-likeness (QED) is 0.506. The van der Waals surface area contributed by atoms with Gasteiger partial charge in [0.25, 0.3) is 0 Å². The Balaban J connectivity index is 3.05. The van der Waals surface area contributed by atoms with Crippen LogP contribution in [0.5, 0.6) is 11.5 Å². The smallest absolute Gasteiger partial charge is 0.339 e. The van der Waals surface area contributed by atoms with E-state index >= 15 is 0 Å². The van der Waals surface area contributed by atoms with Crippen molar-refractivity contribution in [1.29, 1.82) is 0 Å². The Labute approximate surface area is 140 Å². The zero-order valence-corrected chi connectivity index (χ0v) is 13.1. The molecule has 6 heteroatoms. The summed E-state index contributed by atoms with van der Waals surface area (Å²) in [5.74, 6) is 2.32. The third-order valence-electron chi connectivity index (χ3n) is 2.99. The highest BCUT2D eigenvalue weighted by Gasteiger charge is 2.20. The molecule has 0 radical (unpaired) electrons. The molecule has 0 atom stereocenters. The topological polar surface area (TPSA) is 93.1 Å². The molecule has 0 aliphatic rings. The normalized spacial score (nSPS) is 9.58. The molecule has 0 unspecified atom stereocenters. The number of ether oxygens (including phenoxy) is 2. The number of aromatic carboxylic acids is 2. The van der Waals surface area contributed by atoms with E-state index in [0.29, 0.717) is 25.7 Å². The highest BCUT2D eigenvalue weighted by atomic mass is 16.5. The van der Waals surface area contributed by atoms with E-state index in [-0.39, 0.29) is 35.8 Å². The number of benzene rings is 1. The molecule has 126 valence electrons. The first-order chi connectivity index (χ1) is 11.5. The van der Waals surface area contributed by atoms with Gasteiger partial charge < -0.3 is 19.7 Å². The van der Waals surface area contributed by atoms with Crippen LogP contribution in [0.4, 0.5) is 0 Å². The number of carboxylic acid groups (broad SMARTS) is 2. The van der Waals surface area contributed by atoms with Gasteiger partial charge in [-0.05, 0) is 25.0 Å². The van der Waals surface area contributed by atoms with Crippen molar-refractivity contribution in [2.24, 2.45) is 0 Å². The summed E-state index contributed by atoms with van der Waals surface area (Å²) in [6, 6.07) is 2.30. The Morgan fingerprint density at radius 3 is 1.54 bits per heavy atom. The number of hydrogen-bond donors (Lipinski definition) is 2. The van der Waals surface area contributed by atoms with Crippen molar-refractivity contribution in [1.82, 2.24) is 0 Å². The Bertz CT molecular complexity index is 618. The zero-order valence-electron chi connectivity index (χ0n) is 13.1. The molecule has 1 aromatic rings. The summed E-state index contributed by atoms with van der Waals surface area (Å²) in [7, 11) is 0. The van der Waals surface area contributed by atoms with Crippen LogP contribution in [-0.2, 0) is 0 Å². The third-order valence-corrected chi connectivity index (χ3v) is 2.99. The van der Waals surface area contributed by atoms with Crippen LogP contribution in [0.3, 0.4) is 0 Å². The van der Waals surface area contributed by atoms with E-state index in [0.717, 1.165) is 12.1 Å². The molecule has 0 aliphatic carbocycles. The Kier molecular flexibility index (Phi) is 7.73. The lowest BCUT2D eigenvalue weighted by atomic mass is 10.1. The second-order valence-corrected chi connectivity index (χ2v) is 4.77. The number of carboxylic acids is 2. The van der Waals surface area contributed by atoms with E-state index in [1.807, 2.05) is 0 Å². The fourth-order valence-corrected chi connectivity index (χ4v) is 1.85. The highest BCUT2D eigenvalue weighted by Crippen LogP contribution is 2.30. The van der Waals surface area contributed by atoms with Crippen molar-refractivity contribution in [2.45, 2.75) is 25.7 Å². The summed E-state index contributed by atoms with van der Waals surface area (Å²) < 4.78 is 10.7. The van der Waals surface area contributed by atoms with Crippen molar-refractivity contribution in [3.05, 3.63) is 23.3 Å². The van der Waals surface area contributed by atoms with Gasteiger partial charge >= 0.3 is 11.9 Å². The molecule has 0 fully saturated rings. The van der Waals surface area contributed by atoms with E-state index < -0.39 is 11.9 Å². The molecule has 0 aliphatic heterocycles. The second-order valence-electron chi connectivity index (χ2n) is 4.77. The number of hydrogen-bond acceptors (Lipinski definition) is 4. The number of unbranched alkanes of at least 4 members (excludes halogenated alkanes) is 2. The SMILES string of the molecule is C#CCCCOc1cc(C(=O)O)c(OCCCC#C)cc1C(=O)O. The van der Waals surface area contributed by atoms with Crippen LogP contribution in [0.2, 0.25) is 0 Å². The van der Waals surface area contributed by atoms with Crippen LogP contribution in [-0.4, -0.2) is 35.4 Å². The minimum Gasteiger partial charge on any atom is -0.493 e. The average Bonchev–Trinajstić information content (AvgIpc) is 2.55. The minimum atomic E-state index is -1.24. The van der Waals surface area contributed by atoms with Crippen molar-refractivity contribution >= 4 is 11.9 Å². The molecule has 0 saturated heterocycles. The molecule has 6 nitrogen and oxygen atoms in total. The number of terminal acetylenes is 2. The standard InChI is InChI=1S/C18H18O6/c1-3-5-7-9-23-15-11-14(18(21)22)16(12-13(15)17(19)20)24-10-8-6-4-2/h1-2,11-12H,5-10H2,(H,19,20)(H,21,22). The van der Waals surface area contributed by atoms with Crippen molar-refractivity contribution in [3.8, 4) is 36.2 Å². The van der Waals surface area contributed by atoms with Gasteiger partial charge in [0.2, 0.25) is 0 Å². The lowest BCUT2D eigenvalue weighted by Gasteiger charge is -2.14. The first-order valence-electron chi connectivity index (χ1n) is 7.28. The lowest BCUT2D eigenvalue weighted by Crippen LogP contribution is -2.10. The lowest BCUT2D eigenvalue weighted by molar-refractivity contribution is 0.0672. The average molecular weight is 330 g/mol. The van der Waals surface area contributed by atoms with Crippen LogP contribution in [0.15, 0.2) is 12.1 Å². The van der Waals surface area contributed by atoms with Crippen molar-refractivity contribution in [3.63, 3.8) is 0 Å². The van der Waals surface area contributed by atoms with Gasteiger partial charge in [-0.25, -0.2) is 9.59 Å². The van der Waals surface area contributed by atoms with E-state index in [1.54, 1.807) is 0 Å². The summed E-state index contributed by atoms with van der Waals surface area (Å²) in [6.45, 7) is 0.373. The minimum absolute atomic E-state index is 0.0344. The fourth-order valence-electron chi connectivity index (χ4n) is 1.85. The molecule has 1 rings (SSSR count). The molecule has 2 N–H and O–H groups in total. The van der Waals surface area contributed by atoms with Crippen LogP contribution >= 0.6 is 0 Å². The maximum absolute atomic E-state index is 11.4. The predicted molar refractivity (Wildman–Crippen MR) is 87.5 cm³/mol. The molecule has 1 aromatic carbocycles. The van der Waals surface area contributed by atoms with E-state index in [9.17, 15) is 19.8 Å². The summed E-state index contributed by atoms with van der Waals surface area (Å²) in [5.41, 5.74) is -0.347. The van der Waals surface area contributed by atoms with Gasteiger partial charge in [0.1, 0.15) is 22.6 Å². The van der Waals surface area contributed by atoms with Gasteiger partial charge in [-0.2, -0.15) is 0 Å². The summed E-state index contributed by atoms with van der Waals surface area (Å²) in [5, 5.41) is 18.6. The largest absolute Gasteiger partial charge is 0.493 e. The molecule has 24 heavy (non-hydrogen) atoms. The Morgan fingerprint density at radius 1 is 0.875 bits per heavy atom. The second kappa shape index (κ2) is 9.81. The summed E-state index contributed by atoms with van der Waals surface area (Å²) in [4.78, 5) is 22.8.